The smallest absolute Gasteiger partial charge is 0.305 e. The van der Waals surface area contributed by atoms with Crippen molar-refractivity contribution in [1.82, 2.24) is 44.7 Å². The molecule has 64 heavy (non-hydrogen) atoms. The van der Waals surface area contributed by atoms with Gasteiger partial charge in [-0.15, -0.1) is 18.9 Å². The number of amides is 5. The van der Waals surface area contributed by atoms with Crippen molar-refractivity contribution in [2.24, 2.45) is 0 Å². The van der Waals surface area contributed by atoms with E-state index >= 15 is 0 Å². The summed E-state index contributed by atoms with van der Waals surface area (Å²) in [6.07, 6.45) is -0.221. The van der Waals surface area contributed by atoms with Crippen LogP contribution in [-0.2, 0) is 14.3 Å². The number of nitrogens with zero attached hydrogens (tertiary/aromatic N) is 6. The highest BCUT2D eigenvalue weighted by atomic mass is 16.5. The van der Waals surface area contributed by atoms with E-state index in [0.717, 1.165) is 35.2 Å². The van der Waals surface area contributed by atoms with E-state index in [1.54, 1.807) is 0 Å². The molecule has 24 nitrogen and oxygen atoms in total. The molecule has 342 valence electrons. The van der Waals surface area contributed by atoms with Crippen LogP contribution in [0.3, 0.4) is 0 Å². The number of rotatable bonds is 22. The fourth-order valence-electron chi connectivity index (χ4n) is 6.29. The van der Waals surface area contributed by atoms with E-state index in [-0.39, 0.29) is 108 Å². The van der Waals surface area contributed by atoms with Crippen molar-refractivity contribution < 1.29 is 54.3 Å². The normalized spacial score (nSPS) is 11.2. The molecule has 0 spiro atoms. The van der Waals surface area contributed by atoms with Crippen molar-refractivity contribution in [3.05, 3.63) is 137 Å². The van der Waals surface area contributed by atoms with Crippen molar-refractivity contribution in [2.45, 2.75) is 44.6 Å². The number of hydrogen-bond acceptors (Lipinski definition) is 15. The summed E-state index contributed by atoms with van der Waals surface area (Å²) in [5.74, 6) is -4.81. The van der Waals surface area contributed by atoms with Crippen molar-refractivity contribution in [3.63, 3.8) is 0 Å². The zero-order valence-electron chi connectivity index (χ0n) is 34.5. The molecule has 4 aromatic rings. The molecule has 1 atom stereocenters. The number of ether oxygens (including phenoxy) is 1. The van der Waals surface area contributed by atoms with Gasteiger partial charge in [0.25, 0.3) is 45.9 Å². The van der Waals surface area contributed by atoms with Gasteiger partial charge in [-0.2, -0.15) is 0 Å². The fraction of sp³-hybridized carbons (Fsp3) is 0.350. The van der Waals surface area contributed by atoms with Crippen LogP contribution in [0.2, 0.25) is 0 Å². The van der Waals surface area contributed by atoms with E-state index in [9.17, 15) is 68.8 Å². The van der Waals surface area contributed by atoms with E-state index < -0.39 is 75.2 Å². The quantitative estimate of drug-likeness (QED) is 0.0275. The second-order valence-corrected chi connectivity index (χ2v) is 13.9. The first-order valence-electron chi connectivity index (χ1n) is 19.7. The van der Waals surface area contributed by atoms with Crippen LogP contribution in [0.25, 0.3) is 0 Å². The summed E-state index contributed by atoms with van der Waals surface area (Å²) in [7, 11) is 1.19. The predicted octanol–water partition coefficient (Wildman–Crippen LogP) is -1.27. The first-order valence-corrected chi connectivity index (χ1v) is 19.7. The molecular formula is C40H47N9O15. The van der Waals surface area contributed by atoms with Gasteiger partial charge in [-0.05, 0) is 56.4 Å². The standard InChI is InChI=1S/C40H47N9O15/c1-64-35(54)19-6-20-41-36(55)26(45(40(59)30-13-5-18-34(53)49(30)63)25-9-22-43-38(57)28-11-3-16-32(51)47(28)61)14-7-23-44(39(58)29-12-4-17-33(52)48(29)62)24-8-21-42-37(56)27-10-2-15-31(50)46(27)60/h2-5,10-13,15-18,26,60-63H,6-9,14,19-25H2,1H3,(H,41,55)(H,42,56)(H,43,57). The van der Waals surface area contributed by atoms with Gasteiger partial charge in [0.15, 0.2) is 0 Å². The topological polar surface area (TPSA) is 323 Å². The highest BCUT2D eigenvalue weighted by molar-refractivity contribution is 5.96. The number of pyridine rings is 4. The summed E-state index contributed by atoms with van der Waals surface area (Å²) in [5, 5.41) is 48.6. The maximum atomic E-state index is 14.2. The molecule has 7 N–H and O–H groups in total. The van der Waals surface area contributed by atoms with E-state index in [1.165, 1.54) is 54.5 Å². The van der Waals surface area contributed by atoms with Gasteiger partial charge >= 0.3 is 5.97 Å². The third-order valence-corrected chi connectivity index (χ3v) is 9.59. The second-order valence-electron chi connectivity index (χ2n) is 13.9. The molecule has 5 amide bonds. The summed E-state index contributed by atoms with van der Waals surface area (Å²) in [4.78, 5) is 130. The molecular weight excluding hydrogens is 846 g/mol. The minimum Gasteiger partial charge on any atom is -0.469 e. The lowest BCUT2D eigenvalue weighted by molar-refractivity contribution is -0.140. The van der Waals surface area contributed by atoms with Gasteiger partial charge in [-0.25, -0.2) is 0 Å². The molecule has 0 aromatic carbocycles. The van der Waals surface area contributed by atoms with Crippen molar-refractivity contribution in [1.29, 1.82) is 0 Å². The van der Waals surface area contributed by atoms with Crippen LogP contribution in [-0.4, -0.2) is 137 Å². The van der Waals surface area contributed by atoms with Gasteiger partial charge in [0.2, 0.25) is 5.91 Å². The monoisotopic (exact) mass is 893 g/mol. The van der Waals surface area contributed by atoms with Crippen molar-refractivity contribution in [3.8, 4) is 0 Å². The first-order chi connectivity index (χ1) is 30.6. The summed E-state index contributed by atoms with van der Waals surface area (Å²) in [6, 6.07) is 12.3. The predicted molar refractivity (Wildman–Crippen MR) is 220 cm³/mol. The molecule has 1 unspecified atom stereocenters. The molecule has 0 aliphatic carbocycles. The van der Waals surface area contributed by atoms with Gasteiger partial charge < -0.3 is 51.3 Å². The summed E-state index contributed by atoms with van der Waals surface area (Å²) >= 11 is 0. The molecule has 4 aromatic heterocycles. The Kier molecular flexibility index (Phi) is 17.5. The zero-order chi connectivity index (χ0) is 46.9. The van der Waals surface area contributed by atoms with Crippen LogP contribution >= 0.6 is 0 Å². The molecule has 0 saturated heterocycles. The molecule has 0 radical (unpaired) electrons. The van der Waals surface area contributed by atoms with Gasteiger partial charge in [-0.3, -0.25) is 47.9 Å². The number of carbonyl (C=O) groups is 6. The zero-order valence-corrected chi connectivity index (χ0v) is 34.5. The SMILES string of the molecule is COC(=O)CCCNC(=O)C(CCCN(CCCNC(=O)c1cccc(=O)n1O)C(=O)c1cccc(=O)n1O)N(CCCNC(=O)c1cccc(=O)n1O)C(=O)c1cccc(=O)n1O. The molecule has 0 aliphatic heterocycles. The van der Waals surface area contributed by atoms with Crippen LogP contribution in [0.4, 0.5) is 0 Å². The fourth-order valence-corrected chi connectivity index (χ4v) is 6.29. The van der Waals surface area contributed by atoms with Crippen molar-refractivity contribution in [2.75, 3.05) is 46.4 Å². The lowest BCUT2D eigenvalue weighted by atomic mass is 10.1. The molecule has 0 aliphatic rings. The molecule has 24 heteroatoms. The molecule has 0 saturated carbocycles. The van der Waals surface area contributed by atoms with Crippen LogP contribution in [0.1, 0.15) is 80.5 Å². The average Bonchev–Trinajstić information content (AvgIpc) is 3.27. The Morgan fingerprint density at radius 1 is 0.547 bits per heavy atom. The lowest BCUT2D eigenvalue weighted by Crippen LogP contribution is -2.51. The number of carbonyl (C=O) groups excluding carboxylic acids is 6. The Balaban J connectivity index is 1.60. The van der Waals surface area contributed by atoms with E-state index in [2.05, 4.69) is 20.7 Å². The Morgan fingerprint density at radius 2 is 0.953 bits per heavy atom. The molecule has 0 bridgehead atoms. The number of esters is 1. The lowest BCUT2D eigenvalue weighted by Gasteiger charge is -2.32. The van der Waals surface area contributed by atoms with Crippen LogP contribution in [0.15, 0.2) is 92.0 Å². The first kappa shape index (κ1) is 48.5. The Hall–Kier alpha value is -8.18. The average molecular weight is 894 g/mol. The van der Waals surface area contributed by atoms with E-state index in [1.807, 2.05) is 0 Å². The van der Waals surface area contributed by atoms with Crippen LogP contribution < -0.4 is 38.2 Å². The largest absolute Gasteiger partial charge is 0.469 e. The highest BCUT2D eigenvalue weighted by Crippen LogP contribution is 2.16. The van der Waals surface area contributed by atoms with E-state index in [4.69, 9.17) is 0 Å². The molecule has 4 rings (SSSR count). The summed E-state index contributed by atoms with van der Waals surface area (Å²) in [5.41, 5.74) is -5.31. The molecule has 4 heterocycles. The second kappa shape index (κ2) is 23.2. The maximum Gasteiger partial charge on any atom is 0.305 e. The number of aromatic nitrogens is 4. The minimum absolute atomic E-state index is 0.0559. The van der Waals surface area contributed by atoms with E-state index in [0.29, 0.717) is 0 Å². The number of nitrogens with one attached hydrogen (secondary N) is 3. The maximum absolute atomic E-state index is 14.2. The van der Waals surface area contributed by atoms with Gasteiger partial charge in [0, 0.05) is 70.0 Å². The Labute approximate surface area is 362 Å². The number of methoxy groups -OCH3 is 1. The third kappa shape index (κ3) is 12.7. The van der Waals surface area contributed by atoms with Gasteiger partial charge in [-0.1, -0.05) is 24.3 Å². The highest BCUT2D eigenvalue weighted by Gasteiger charge is 2.32. The third-order valence-electron chi connectivity index (χ3n) is 9.59. The Bertz CT molecular complexity index is 2580. The van der Waals surface area contributed by atoms with Gasteiger partial charge in [0.05, 0.1) is 7.11 Å². The molecule has 0 fully saturated rings. The van der Waals surface area contributed by atoms with Crippen molar-refractivity contribution >= 4 is 35.5 Å². The van der Waals surface area contributed by atoms with Gasteiger partial charge in [0.1, 0.15) is 28.8 Å². The number of hydrogen-bond donors (Lipinski definition) is 7. The summed E-state index contributed by atoms with van der Waals surface area (Å²) < 4.78 is 5.18. The van der Waals surface area contributed by atoms with Crippen LogP contribution in [0, 0.1) is 0 Å². The van der Waals surface area contributed by atoms with Crippen LogP contribution in [0.5, 0.6) is 0 Å². The minimum atomic E-state index is -1.42. The Morgan fingerprint density at radius 3 is 1.44 bits per heavy atom. The summed E-state index contributed by atoms with van der Waals surface area (Å²) in [6.45, 7) is -0.964.